The molecule has 162 valence electrons. The summed E-state index contributed by atoms with van der Waals surface area (Å²) in [4.78, 5) is 17.1. The fourth-order valence-corrected chi connectivity index (χ4v) is 4.22. The minimum Gasteiger partial charge on any atom is -0.355 e. The van der Waals surface area contributed by atoms with Crippen molar-refractivity contribution in [3.63, 3.8) is 0 Å². The molecule has 0 saturated carbocycles. The Morgan fingerprint density at radius 1 is 0.903 bits per heavy atom. The van der Waals surface area contributed by atoms with Gasteiger partial charge in [-0.15, -0.1) is 0 Å². The SMILES string of the molecule is O=C(CN1CCN(C(c2ccccc2)c2ccccc2)CC1)NCCCn1cccn1. The van der Waals surface area contributed by atoms with E-state index in [-0.39, 0.29) is 11.9 Å². The maximum atomic E-state index is 12.3. The number of nitrogens with zero attached hydrogens (tertiary/aromatic N) is 4. The molecule has 0 aliphatic carbocycles. The number of nitrogens with one attached hydrogen (secondary N) is 1. The minimum atomic E-state index is 0.108. The molecule has 0 radical (unpaired) electrons. The second-order valence-electron chi connectivity index (χ2n) is 8.01. The molecule has 0 bridgehead atoms. The van der Waals surface area contributed by atoms with Gasteiger partial charge in [0.25, 0.3) is 0 Å². The van der Waals surface area contributed by atoms with Crippen LogP contribution in [0, 0.1) is 0 Å². The smallest absolute Gasteiger partial charge is 0.234 e. The monoisotopic (exact) mass is 417 g/mol. The van der Waals surface area contributed by atoms with Crippen molar-refractivity contribution in [2.45, 2.75) is 19.0 Å². The summed E-state index contributed by atoms with van der Waals surface area (Å²) in [7, 11) is 0. The van der Waals surface area contributed by atoms with Gasteiger partial charge < -0.3 is 5.32 Å². The number of aromatic nitrogens is 2. The first-order valence-electron chi connectivity index (χ1n) is 11.1. The number of amides is 1. The van der Waals surface area contributed by atoms with Crippen molar-refractivity contribution in [2.24, 2.45) is 0 Å². The van der Waals surface area contributed by atoms with E-state index in [2.05, 4.69) is 80.9 Å². The molecule has 1 saturated heterocycles. The Hall–Kier alpha value is -2.96. The zero-order chi connectivity index (χ0) is 21.3. The van der Waals surface area contributed by atoms with E-state index in [0.717, 1.165) is 39.1 Å². The molecular formula is C25H31N5O. The molecule has 6 nitrogen and oxygen atoms in total. The van der Waals surface area contributed by atoms with Crippen LogP contribution in [0.1, 0.15) is 23.6 Å². The maximum absolute atomic E-state index is 12.3. The van der Waals surface area contributed by atoms with Crippen LogP contribution in [-0.2, 0) is 11.3 Å². The lowest BCUT2D eigenvalue weighted by Gasteiger charge is -2.39. The first kappa shape index (κ1) is 21.3. The van der Waals surface area contributed by atoms with E-state index in [4.69, 9.17) is 0 Å². The molecular weight excluding hydrogens is 386 g/mol. The first-order chi connectivity index (χ1) is 15.3. The fourth-order valence-electron chi connectivity index (χ4n) is 4.22. The van der Waals surface area contributed by atoms with Gasteiger partial charge in [-0.3, -0.25) is 19.3 Å². The van der Waals surface area contributed by atoms with Gasteiger partial charge in [0.1, 0.15) is 0 Å². The second kappa shape index (κ2) is 10.9. The molecule has 2 aromatic carbocycles. The molecule has 1 aliphatic heterocycles. The van der Waals surface area contributed by atoms with Crippen LogP contribution in [0.15, 0.2) is 79.1 Å². The Bertz CT molecular complexity index is 866. The third kappa shape index (κ3) is 6.03. The molecule has 0 spiro atoms. The summed E-state index contributed by atoms with van der Waals surface area (Å²) < 4.78 is 1.89. The van der Waals surface area contributed by atoms with Crippen molar-refractivity contribution < 1.29 is 4.79 Å². The fraction of sp³-hybridized carbons (Fsp3) is 0.360. The van der Waals surface area contributed by atoms with Crippen LogP contribution in [0.3, 0.4) is 0 Å². The molecule has 1 N–H and O–H groups in total. The topological polar surface area (TPSA) is 53.4 Å². The van der Waals surface area contributed by atoms with Gasteiger partial charge >= 0.3 is 0 Å². The Labute approximate surface area is 184 Å². The molecule has 1 aliphatic rings. The number of benzene rings is 2. The number of hydrogen-bond acceptors (Lipinski definition) is 4. The number of rotatable bonds is 9. The Morgan fingerprint density at radius 2 is 1.55 bits per heavy atom. The molecule has 0 unspecified atom stereocenters. The van der Waals surface area contributed by atoms with E-state index in [9.17, 15) is 4.79 Å². The van der Waals surface area contributed by atoms with Gasteiger partial charge in [0.05, 0.1) is 12.6 Å². The van der Waals surface area contributed by atoms with Gasteiger partial charge in [-0.2, -0.15) is 5.10 Å². The highest BCUT2D eigenvalue weighted by Gasteiger charge is 2.26. The molecule has 1 amide bonds. The van der Waals surface area contributed by atoms with Gasteiger partial charge in [-0.25, -0.2) is 0 Å². The van der Waals surface area contributed by atoms with E-state index >= 15 is 0 Å². The predicted octanol–water partition coefficient (Wildman–Crippen LogP) is 2.80. The van der Waals surface area contributed by atoms with Crippen molar-refractivity contribution in [3.8, 4) is 0 Å². The molecule has 1 aromatic heterocycles. The second-order valence-corrected chi connectivity index (χ2v) is 8.01. The molecule has 6 heteroatoms. The minimum absolute atomic E-state index is 0.108. The summed E-state index contributed by atoms with van der Waals surface area (Å²) in [6, 6.07) is 23.6. The first-order valence-corrected chi connectivity index (χ1v) is 11.1. The van der Waals surface area contributed by atoms with E-state index < -0.39 is 0 Å². The Balaban J connectivity index is 1.26. The zero-order valence-corrected chi connectivity index (χ0v) is 17.9. The van der Waals surface area contributed by atoms with Crippen molar-refractivity contribution in [3.05, 3.63) is 90.3 Å². The quantitative estimate of drug-likeness (QED) is 0.544. The maximum Gasteiger partial charge on any atom is 0.234 e. The van der Waals surface area contributed by atoms with Crippen LogP contribution < -0.4 is 5.32 Å². The average Bonchev–Trinajstić information content (AvgIpc) is 3.33. The lowest BCUT2D eigenvalue weighted by Crippen LogP contribution is -2.50. The lowest BCUT2D eigenvalue weighted by atomic mass is 9.96. The number of hydrogen-bond donors (Lipinski definition) is 1. The Kier molecular flexibility index (Phi) is 7.47. The van der Waals surface area contributed by atoms with Crippen molar-refractivity contribution in [1.82, 2.24) is 24.9 Å². The highest BCUT2D eigenvalue weighted by atomic mass is 16.2. The van der Waals surface area contributed by atoms with E-state index in [1.54, 1.807) is 6.20 Å². The summed E-state index contributed by atoms with van der Waals surface area (Å²) >= 11 is 0. The molecule has 2 heterocycles. The third-order valence-corrected chi connectivity index (χ3v) is 5.82. The zero-order valence-electron chi connectivity index (χ0n) is 17.9. The van der Waals surface area contributed by atoms with Gasteiger partial charge in [-0.05, 0) is 23.6 Å². The van der Waals surface area contributed by atoms with Crippen molar-refractivity contribution in [2.75, 3.05) is 39.3 Å². The standard InChI is InChI=1S/C25H31N5O/c31-24(26-13-7-15-30-16-8-14-27-30)21-28-17-19-29(20-18-28)25(22-9-3-1-4-10-22)23-11-5-2-6-12-23/h1-6,8-12,14,16,25H,7,13,15,17-21H2,(H,26,31). The molecule has 0 atom stereocenters. The van der Waals surface area contributed by atoms with Crippen LogP contribution in [0.4, 0.5) is 0 Å². The van der Waals surface area contributed by atoms with Gasteiger partial charge in [0, 0.05) is 51.7 Å². The summed E-state index contributed by atoms with van der Waals surface area (Å²) in [5.74, 6) is 0.108. The number of aryl methyl sites for hydroxylation is 1. The normalized spacial score (nSPS) is 15.3. The van der Waals surface area contributed by atoms with Crippen LogP contribution in [-0.4, -0.2) is 64.8 Å². The predicted molar refractivity (Wildman–Crippen MR) is 123 cm³/mol. The largest absolute Gasteiger partial charge is 0.355 e. The van der Waals surface area contributed by atoms with Crippen LogP contribution >= 0.6 is 0 Å². The average molecular weight is 418 g/mol. The molecule has 3 aromatic rings. The summed E-state index contributed by atoms with van der Waals surface area (Å²) in [5, 5.41) is 7.23. The van der Waals surface area contributed by atoms with Crippen LogP contribution in [0.5, 0.6) is 0 Å². The Morgan fingerprint density at radius 3 is 2.13 bits per heavy atom. The summed E-state index contributed by atoms with van der Waals surface area (Å²) in [6.07, 6.45) is 4.61. The van der Waals surface area contributed by atoms with E-state index in [1.807, 2.05) is 16.9 Å². The number of carbonyl (C=O) groups is 1. The van der Waals surface area contributed by atoms with Gasteiger partial charge in [0.2, 0.25) is 5.91 Å². The lowest BCUT2D eigenvalue weighted by molar-refractivity contribution is -0.122. The number of carbonyl (C=O) groups excluding carboxylic acids is 1. The molecule has 31 heavy (non-hydrogen) atoms. The van der Waals surface area contributed by atoms with Gasteiger partial charge in [-0.1, -0.05) is 60.7 Å². The summed E-state index contributed by atoms with van der Waals surface area (Å²) in [5.41, 5.74) is 2.63. The van der Waals surface area contributed by atoms with Crippen molar-refractivity contribution >= 4 is 5.91 Å². The summed E-state index contributed by atoms with van der Waals surface area (Å²) in [6.45, 7) is 5.67. The highest BCUT2D eigenvalue weighted by molar-refractivity contribution is 5.77. The number of piperazine rings is 1. The third-order valence-electron chi connectivity index (χ3n) is 5.82. The van der Waals surface area contributed by atoms with Gasteiger partial charge in [0.15, 0.2) is 0 Å². The van der Waals surface area contributed by atoms with Crippen molar-refractivity contribution in [1.29, 1.82) is 0 Å². The van der Waals surface area contributed by atoms with E-state index in [0.29, 0.717) is 13.1 Å². The van der Waals surface area contributed by atoms with Crippen LogP contribution in [0.2, 0.25) is 0 Å². The highest BCUT2D eigenvalue weighted by Crippen LogP contribution is 2.29. The van der Waals surface area contributed by atoms with Crippen LogP contribution in [0.25, 0.3) is 0 Å². The van der Waals surface area contributed by atoms with E-state index in [1.165, 1.54) is 11.1 Å². The molecule has 1 fully saturated rings. The molecule has 4 rings (SSSR count).